The van der Waals surface area contributed by atoms with Gasteiger partial charge in [-0.1, -0.05) is 42.5 Å². The summed E-state index contributed by atoms with van der Waals surface area (Å²) in [6.07, 6.45) is 3.20. The minimum Gasteiger partial charge on any atom is -0.497 e. The van der Waals surface area contributed by atoms with Crippen molar-refractivity contribution in [1.29, 1.82) is 0 Å². The molecule has 1 heterocycles. The van der Waals surface area contributed by atoms with Crippen LogP contribution in [-0.4, -0.2) is 25.9 Å². The fourth-order valence-electron chi connectivity index (χ4n) is 4.41. The largest absolute Gasteiger partial charge is 0.497 e. The first-order chi connectivity index (χ1) is 12.9. The van der Waals surface area contributed by atoms with Crippen LogP contribution in [0, 0.1) is 0 Å². The Morgan fingerprint density at radius 3 is 2.41 bits per heavy atom. The molecular formula is C24H33NO2. The van der Waals surface area contributed by atoms with Crippen molar-refractivity contribution in [3.8, 4) is 5.75 Å². The number of ether oxygens (including phenoxy) is 2. The molecule has 1 N–H and O–H groups in total. The summed E-state index contributed by atoms with van der Waals surface area (Å²) in [5, 5.41) is 3.73. The van der Waals surface area contributed by atoms with E-state index in [1.165, 1.54) is 11.1 Å². The first-order valence-corrected chi connectivity index (χ1v) is 10.0. The number of benzene rings is 2. The zero-order valence-corrected chi connectivity index (χ0v) is 17.1. The number of nitrogens with one attached hydrogen (secondary N) is 1. The minimum atomic E-state index is -0.0940. The molecule has 0 unspecified atom stereocenters. The quantitative estimate of drug-likeness (QED) is 0.724. The van der Waals surface area contributed by atoms with E-state index in [1.54, 1.807) is 7.11 Å². The predicted molar refractivity (Wildman–Crippen MR) is 111 cm³/mol. The van der Waals surface area contributed by atoms with E-state index >= 15 is 0 Å². The summed E-state index contributed by atoms with van der Waals surface area (Å²) in [7, 11) is 1.72. The molecule has 0 radical (unpaired) electrons. The van der Waals surface area contributed by atoms with Gasteiger partial charge >= 0.3 is 0 Å². The highest BCUT2D eigenvalue weighted by Crippen LogP contribution is 2.44. The molecular weight excluding hydrogens is 334 g/mol. The van der Waals surface area contributed by atoms with Crippen molar-refractivity contribution in [1.82, 2.24) is 5.32 Å². The monoisotopic (exact) mass is 367 g/mol. The number of rotatable bonds is 7. The average Bonchev–Trinajstić information content (AvgIpc) is 2.68. The lowest BCUT2D eigenvalue weighted by Crippen LogP contribution is -2.45. The number of hydrogen-bond acceptors (Lipinski definition) is 3. The third-order valence-electron chi connectivity index (χ3n) is 5.89. The van der Waals surface area contributed by atoms with Crippen molar-refractivity contribution in [2.75, 3.05) is 20.3 Å². The lowest BCUT2D eigenvalue weighted by molar-refractivity contribution is -0.0840. The van der Waals surface area contributed by atoms with E-state index in [4.69, 9.17) is 9.47 Å². The summed E-state index contributed by atoms with van der Waals surface area (Å²) in [6, 6.07) is 19.6. The van der Waals surface area contributed by atoms with Gasteiger partial charge in [-0.2, -0.15) is 0 Å². The van der Waals surface area contributed by atoms with Gasteiger partial charge < -0.3 is 14.8 Å². The fourth-order valence-corrected chi connectivity index (χ4v) is 4.41. The van der Waals surface area contributed by atoms with E-state index in [1.807, 2.05) is 0 Å². The second-order valence-corrected chi connectivity index (χ2v) is 8.38. The van der Waals surface area contributed by atoms with E-state index < -0.39 is 0 Å². The molecule has 1 aliphatic rings. The van der Waals surface area contributed by atoms with Crippen molar-refractivity contribution in [2.24, 2.45) is 0 Å². The zero-order chi connectivity index (χ0) is 19.3. The second kappa shape index (κ2) is 8.45. The van der Waals surface area contributed by atoms with E-state index in [9.17, 15) is 0 Å². The molecule has 0 saturated carbocycles. The summed E-state index contributed by atoms with van der Waals surface area (Å²) < 4.78 is 11.4. The van der Waals surface area contributed by atoms with Crippen LogP contribution in [-0.2, 0) is 10.2 Å². The summed E-state index contributed by atoms with van der Waals surface area (Å²) >= 11 is 0. The molecule has 0 aromatic heterocycles. The van der Waals surface area contributed by atoms with Crippen molar-refractivity contribution in [2.45, 2.75) is 57.1 Å². The van der Waals surface area contributed by atoms with Crippen molar-refractivity contribution < 1.29 is 9.47 Å². The van der Waals surface area contributed by atoms with E-state index in [0.717, 1.165) is 38.2 Å². The second-order valence-electron chi connectivity index (χ2n) is 8.38. The molecule has 2 aromatic rings. The smallest absolute Gasteiger partial charge is 0.118 e. The molecule has 3 rings (SSSR count). The molecule has 3 nitrogen and oxygen atoms in total. The van der Waals surface area contributed by atoms with E-state index in [0.29, 0.717) is 6.04 Å². The predicted octanol–water partition coefficient (Wildman–Crippen LogP) is 5.26. The molecule has 2 aromatic carbocycles. The van der Waals surface area contributed by atoms with Gasteiger partial charge in [-0.3, -0.25) is 0 Å². The van der Waals surface area contributed by atoms with Gasteiger partial charge in [0.05, 0.1) is 12.7 Å². The lowest BCUT2D eigenvalue weighted by Gasteiger charge is -2.45. The Morgan fingerprint density at radius 2 is 1.78 bits per heavy atom. The third-order valence-corrected chi connectivity index (χ3v) is 5.89. The van der Waals surface area contributed by atoms with Crippen LogP contribution in [0.15, 0.2) is 54.6 Å². The maximum atomic E-state index is 6.04. The van der Waals surface area contributed by atoms with Gasteiger partial charge in [0.25, 0.3) is 0 Å². The highest BCUT2D eigenvalue weighted by molar-refractivity contribution is 5.33. The van der Waals surface area contributed by atoms with Crippen LogP contribution in [0.2, 0.25) is 0 Å². The van der Waals surface area contributed by atoms with Gasteiger partial charge in [0, 0.05) is 18.1 Å². The van der Waals surface area contributed by atoms with Crippen LogP contribution in [0.4, 0.5) is 0 Å². The first kappa shape index (κ1) is 19.9. The zero-order valence-electron chi connectivity index (χ0n) is 17.1. The summed E-state index contributed by atoms with van der Waals surface area (Å²) in [5.41, 5.74) is 2.78. The normalized spacial score (nSPS) is 23.0. The Kier molecular flexibility index (Phi) is 6.23. The van der Waals surface area contributed by atoms with Crippen molar-refractivity contribution >= 4 is 0 Å². The topological polar surface area (TPSA) is 30.5 Å². The molecule has 0 spiro atoms. The molecule has 27 heavy (non-hydrogen) atoms. The summed E-state index contributed by atoms with van der Waals surface area (Å²) in [5.74, 6) is 0.913. The molecule has 2 atom stereocenters. The van der Waals surface area contributed by atoms with Crippen molar-refractivity contribution in [3.63, 3.8) is 0 Å². The molecule has 0 bridgehead atoms. The Labute approximate surface area is 164 Å². The Balaban J connectivity index is 1.74. The first-order valence-electron chi connectivity index (χ1n) is 10.0. The highest BCUT2D eigenvalue weighted by Gasteiger charge is 2.41. The van der Waals surface area contributed by atoms with Crippen LogP contribution in [0.25, 0.3) is 0 Å². The molecule has 1 aliphatic heterocycles. The van der Waals surface area contributed by atoms with Gasteiger partial charge in [-0.25, -0.2) is 0 Å². The van der Waals surface area contributed by atoms with Crippen LogP contribution < -0.4 is 10.1 Å². The van der Waals surface area contributed by atoms with Crippen LogP contribution >= 0.6 is 0 Å². The Bertz CT molecular complexity index is 711. The molecule has 3 heteroatoms. The third kappa shape index (κ3) is 4.91. The molecule has 1 saturated heterocycles. The Morgan fingerprint density at radius 1 is 1.07 bits per heavy atom. The Hall–Kier alpha value is -1.84. The minimum absolute atomic E-state index is 0.0940. The van der Waals surface area contributed by atoms with Gasteiger partial charge in [0.1, 0.15) is 5.75 Å². The molecule has 146 valence electrons. The highest BCUT2D eigenvalue weighted by atomic mass is 16.5. The van der Waals surface area contributed by atoms with Gasteiger partial charge in [0.2, 0.25) is 0 Å². The van der Waals surface area contributed by atoms with Gasteiger partial charge in [0.15, 0.2) is 0 Å². The van der Waals surface area contributed by atoms with Crippen LogP contribution in [0.1, 0.15) is 57.2 Å². The van der Waals surface area contributed by atoms with Crippen molar-refractivity contribution in [3.05, 3.63) is 65.7 Å². The number of hydrogen-bond donors (Lipinski definition) is 1. The van der Waals surface area contributed by atoms with Gasteiger partial charge in [-0.05, 0) is 69.8 Å². The van der Waals surface area contributed by atoms with Crippen LogP contribution in [0.3, 0.4) is 0 Å². The van der Waals surface area contributed by atoms with E-state index in [2.05, 4.69) is 80.7 Å². The standard InChI is InChI=1S/C24H33NO2/c1-19(20-8-6-5-7-9-20)25-16-14-24(15-17-27-23(2,3)18-24)21-10-12-22(26-4)13-11-21/h5-13,19,25H,14-18H2,1-4H3/t19-,24-/m0/s1. The van der Waals surface area contributed by atoms with Crippen LogP contribution in [0.5, 0.6) is 5.75 Å². The average molecular weight is 368 g/mol. The molecule has 0 amide bonds. The van der Waals surface area contributed by atoms with E-state index in [-0.39, 0.29) is 11.0 Å². The fraction of sp³-hybridized carbons (Fsp3) is 0.500. The molecule has 0 aliphatic carbocycles. The maximum Gasteiger partial charge on any atom is 0.118 e. The lowest BCUT2D eigenvalue weighted by atomic mass is 9.67. The van der Waals surface area contributed by atoms with Gasteiger partial charge in [-0.15, -0.1) is 0 Å². The summed E-state index contributed by atoms with van der Waals surface area (Å²) in [4.78, 5) is 0. The maximum absolute atomic E-state index is 6.04. The summed E-state index contributed by atoms with van der Waals surface area (Å²) in [6.45, 7) is 8.46. The number of methoxy groups -OCH3 is 1. The molecule has 1 fully saturated rings. The SMILES string of the molecule is COc1ccc([C@@]2(CCN[C@@H](C)c3ccccc3)CCOC(C)(C)C2)cc1.